The number of amides is 1. The van der Waals surface area contributed by atoms with Crippen molar-refractivity contribution in [1.29, 1.82) is 0 Å². The smallest absolute Gasteiger partial charge is 0.326 e. The van der Waals surface area contributed by atoms with E-state index >= 15 is 0 Å². The van der Waals surface area contributed by atoms with Gasteiger partial charge in [0.05, 0.1) is 29.7 Å². The minimum absolute atomic E-state index is 0.153. The molecule has 3 atom stereocenters. The maximum Gasteiger partial charge on any atom is 0.326 e. The van der Waals surface area contributed by atoms with Crippen LogP contribution in [0.5, 0.6) is 0 Å². The Hall–Kier alpha value is -1.89. The summed E-state index contributed by atoms with van der Waals surface area (Å²) >= 11 is 0. The van der Waals surface area contributed by atoms with Crippen LogP contribution < -0.4 is 5.73 Å². The number of nitrogens with two attached hydrogens (primary N) is 1. The van der Waals surface area contributed by atoms with Gasteiger partial charge in [-0.15, -0.1) is 0 Å². The van der Waals surface area contributed by atoms with E-state index in [1.54, 1.807) is 6.33 Å². The van der Waals surface area contributed by atoms with E-state index in [0.29, 0.717) is 6.42 Å². The van der Waals surface area contributed by atoms with Crippen molar-refractivity contribution in [1.82, 2.24) is 14.9 Å². The van der Waals surface area contributed by atoms with Gasteiger partial charge >= 0.3 is 5.97 Å². The molecule has 0 aromatic carbocycles. The Bertz CT molecular complexity index is 585. The van der Waals surface area contributed by atoms with Gasteiger partial charge in [-0.3, -0.25) is 4.79 Å². The van der Waals surface area contributed by atoms with Crippen molar-refractivity contribution in [2.75, 3.05) is 0 Å². The standard InChI is InChI=1S/C14H20N4O3/c1-14(4-2-3-11(14)15)13(21)18-6-9-8(16-7-17-9)5-10(18)12(19)20/h7,10-11H,2-6,15H2,1H3,(H,16,17)(H,19,20). The molecule has 1 aromatic heterocycles. The number of aromatic amines is 1. The van der Waals surface area contributed by atoms with Gasteiger partial charge in [-0.2, -0.15) is 0 Å². The van der Waals surface area contributed by atoms with E-state index in [-0.39, 0.29) is 24.9 Å². The zero-order chi connectivity index (χ0) is 15.2. The molecule has 0 radical (unpaired) electrons. The number of nitrogens with one attached hydrogen (secondary N) is 1. The van der Waals surface area contributed by atoms with Crippen LogP contribution in [0.25, 0.3) is 0 Å². The Morgan fingerprint density at radius 3 is 2.95 bits per heavy atom. The molecule has 3 unspecified atom stereocenters. The molecule has 0 saturated heterocycles. The van der Waals surface area contributed by atoms with Crippen LogP contribution in [-0.2, 0) is 22.6 Å². The largest absolute Gasteiger partial charge is 0.480 e. The third-order valence-electron chi connectivity index (χ3n) is 4.96. The van der Waals surface area contributed by atoms with E-state index < -0.39 is 17.4 Å². The number of nitrogens with zero attached hydrogens (tertiary/aromatic N) is 2. The number of aromatic nitrogens is 2. The number of hydrogen-bond donors (Lipinski definition) is 3. The summed E-state index contributed by atoms with van der Waals surface area (Å²) in [6, 6.07) is -1.07. The summed E-state index contributed by atoms with van der Waals surface area (Å²) in [6.07, 6.45) is 4.21. The van der Waals surface area contributed by atoms with Gasteiger partial charge < -0.3 is 20.7 Å². The molecule has 0 bridgehead atoms. The van der Waals surface area contributed by atoms with Crippen molar-refractivity contribution in [2.45, 2.75) is 51.2 Å². The van der Waals surface area contributed by atoms with Gasteiger partial charge in [-0.25, -0.2) is 9.78 Å². The Morgan fingerprint density at radius 1 is 1.57 bits per heavy atom. The van der Waals surface area contributed by atoms with Crippen molar-refractivity contribution >= 4 is 11.9 Å². The number of hydrogen-bond acceptors (Lipinski definition) is 4. The summed E-state index contributed by atoms with van der Waals surface area (Å²) in [5.74, 6) is -1.15. The summed E-state index contributed by atoms with van der Waals surface area (Å²) in [7, 11) is 0. The predicted octanol–water partition coefficient (Wildman–Crippen LogP) is 0.265. The Labute approximate surface area is 122 Å². The van der Waals surface area contributed by atoms with E-state index in [2.05, 4.69) is 9.97 Å². The van der Waals surface area contributed by atoms with Gasteiger partial charge in [0.15, 0.2) is 0 Å². The zero-order valence-corrected chi connectivity index (χ0v) is 12.0. The van der Waals surface area contributed by atoms with Gasteiger partial charge in [-0.05, 0) is 19.8 Å². The quantitative estimate of drug-likeness (QED) is 0.724. The summed E-state index contributed by atoms with van der Waals surface area (Å²) < 4.78 is 0. The first-order valence-corrected chi connectivity index (χ1v) is 7.24. The van der Waals surface area contributed by atoms with E-state index in [1.165, 1.54) is 4.90 Å². The van der Waals surface area contributed by atoms with Crippen LogP contribution in [-0.4, -0.2) is 43.9 Å². The summed E-state index contributed by atoms with van der Waals surface area (Å²) in [5.41, 5.74) is 6.99. The van der Waals surface area contributed by atoms with Crippen LogP contribution in [0.2, 0.25) is 0 Å². The molecule has 4 N–H and O–H groups in total. The second-order valence-corrected chi connectivity index (χ2v) is 6.24. The molecular weight excluding hydrogens is 272 g/mol. The van der Waals surface area contributed by atoms with E-state index in [9.17, 15) is 14.7 Å². The Morgan fingerprint density at radius 2 is 2.33 bits per heavy atom. The number of carbonyl (C=O) groups is 2. The van der Waals surface area contributed by atoms with Crippen LogP contribution in [0.4, 0.5) is 0 Å². The number of H-pyrrole nitrogens is 1. The number of carbonyl (C=O) groups excluding carboxylic acids is 1. The van der Waals surface area contributed by atoms with Gasteiger partial charge in [0.2, 0.25) is 5.91 Å². The lowest BCUT2D eigenvalue weighted by atomic mass is 9.82. The predicted molar refractivity (Wildman–Crippen MR) is 74.2 cm³/mol. The normalized spacial score (nSPS) is 32.0. The maximum atomic E-state index is 12.9. The fourth-order valence-electron chi connectivity index (χ4n) is 3.46. The lowest BCUT2D eigenvalue weighted by Crippen LogP contribution is -2.56. The monoisotopic (exact) mass is 292 g/mol. The van der Waals surface area contributed by atoms with Crippen LogP contribution >= 0.6 is 0 Å². The minimum Gasteiger partial charge on any atom is -0.480 e. The van der Waals surface area contributed by atoms with Gasteiger partial charge in [0.1, 0.15) is 6.04 Å². The van der Waals surface area contributed by atoms with E-state index in [0.717, 1.165) is 24.2 Å². The molecule has 114 valence electrons. The van der Waals surface area contributed by atoms with Crippen molar-refractivity contribution in [2.24, 2.45) is 11.1 Å². The molecule has 2 aliphatic rings. The second kappa shape index (κ2) is 4.84. The number of carboxylic acid groups (broad SMARTS) is 1. The summed E-state index contributed by atoms with van der Waals surface area (Å²) in [6.45, 7) is 2.11. The molecule has 1 aromatic rings. The first kappa shape index (κ1) is 14.1. The highest BCUT2D eigenvalue weighted by molar-refractivity contribution is 5.88. The topological polar surface area (TPSA) is 112 Å². The van der Waals surface area contributed by atoms with E-state index in [4.69, 9.17) is 5.73 Å². The summed E-state index contributed by atoms with van der Waals surface area (Å²) in [4.78, 5) is 33.0. The molecule has 0 spiro atoms. The van der Waals surface area contributed by atoms with Crippen molar-refractivity contribution < 1.29 is 14.7 Å². The lowest BCUT2D eigenvalue weighted by Gasteiger charge is -2.39. The highest BCUT2D eigenvalue weighted by atomic mass is 16.4. The Balaban J connectivity index is 1.92. The van der Waals surface area contributed by atoms with Crippen molar-refractivity contribution in [3.8, 4) is 0 Å². The number of aliphatic carboxylic acids is 1. The Kier molecular flexibility index (Phi) is 3.24. The first-order valence-electron chi connectivity index (χ1n) is 7.24. The molecule has 7 heteroatoms. The number of fused-ring (bicyclic) bond motifs is 1. The van der Waals surface area contributed by atoms with Crippen LogP contribution in [0.1, 0.15) is 37.6 Å². The fraction of sp³-hybridized carbons (Fsp3) is 0.643. The SMILES string of the molecule is CC1(C(=O)N2Cc3[nH]cnc3CC2C(=O)O)CCCC1N. The highest BCUT2D eigenvalue weighted by Gasteiger charge is 2.48. The molecule has 1 aliphatic heterocycles. The number of carboxylic acids is 1. The lowest BCUT2D eigenvalue weighted by molar-refractivity contribution is -0.156. The third-order valence-corrected chi connectivity index (χ3v) is 4.96. The molecule has 1 fully saturated rings. The van der Waals surface area contributed by atoms with Gasteiger partial charge in [-0.1, -0.05) is 6.42 Å². The number of imidazole rings is 1. The molecule has 1 saturated carbocycles. The molecule has 1 amide bonds. The van der Waals surface area contributed by atoms with Gasteiger partial charge in [0.25, 0.3) is 0 Å². The molecule has 1 aliphatic carbocycles. The molecule has 21 heavy (non-hydrogen) atoms. The van der Waals surface area contributed by atoms with E-state index in [1.807, 2.05) is 6.92 Å². The third kappa shape index (κ3) is 2.12. The molecule has 2 heterocycles. The maximum absolute atomic E-state index is 12.9. The van der Waals surface area contributed by atoms with Crippen LogP contribution in [0.3, 0.4) is 0 Å². The molecular formula is C14H20N4O3. The minimum atomic E-state index is -0.993. The zero-order valence-electron chi connectivity index (χ0n) is 12.0. The number of rotatable bonds is 2. The molecule has 7 nitrogen and oxygen atoms in total. The average Bonchev–Trinajstić information content (AvgIpc) is 3.04. The average molecular weight is 292 g/mol. The second-order valence-electron chi connectivity index (χ2n) is 6.24. The summed E-state index contributed by atoms with van der Waals surface area (Å²) in [5, 5.41) is 9.45. The van der Waals surface area contributed by atoms with Crippen LogP contribution in [0.15, 0.2) is 6.33 Å². The van der Waals surface area contributed by atoms with Crippen LogP contribution in [0, 0.1) is 5.41 Å². The van der Waals surface area contributed by atoms with Crippen molar-refractivity contribution in [3.05, 3.63) is 17.7 Å². The van der Waals surface area contributed by atoms with Crippen molar-refractivity contribution in [3.63, 3.8) is 0 Å². The van der Waals surface area contributed by atoms with Gasteiger partial charge in [0, 0.05) is 12.5 Å². The fourth-order valence-corrected chi connectivity index (χ4v) is 3.46. The molecule has 3 rings (SSSR count). The first-order chi connectivity index (χ1) is 9.93. The highest BCUT2D eigenvalue weighted by Crippen LogP contribution is 2.40.